The summed E-state index contributed by atoms with van der Waals surface area (Å²) in [6, 6.07) is 7.79. The number of likely N-dealkylation sites (N-methyl/N-ethyl adjacent to an activating group) is 1. The van der Waals surface area contributed by atoms with Gasteiger partial charge in [-0.2, -0.15) is 10.2 Å². The van der Waals surface area contributed by atoms with Gasteiger partial charge in [0, 0.05) is 17.7 Å². The summed E-state index contributed by atoms with van der Waals surface area (Å²) in [5.74, 6) is 0.572. The summed E-state index contributed by atoms with van der Waals surface area (Å²) >= 11 is 0. The molecule has 0 aliphatic rings. The predicted molar refractivity (Wildman–Crippen MR) is 79.5 cm³/mol. The maximum Gasteiger partial charge on any atom is 0.269 e. The second kappa shape index (κ2) is 6.69. The van der Waals surface area contributed by atoms with Gasteiger partial charge >= 0.3 is 0 Å². The van der Waals surface area contributed by atoms with Crippen LogP contribution < -0.4 is 10.2 Å². The molecule has 0 radical (unpaired) electrons. The molecule has 0 saturated carbocycles. The van der Waals surface area contributed by atoms with Crippen LogP contribution in [0.25, 0.3) is 11.5 Å². The van der Waals surface area contributed by atoms with Crippen molar-refractivity contribution in [2.45, 2.75) is 0 Å². The number of nitrogens with one attached hydrogen (secondary N) is 2. The van der Waals surface area contributed by atoms with Gasteiger partial charge in [-0.1, -0.05) is 0 Å². The highest BCUT2D eigenvalue weighted by atomic mass is 16.6. The van der Waals surface area contributed by atoms with Crippen molar-refractivity contribution < 1.29 is 14.2 Å². The van der Waals surface area contributed by atoms with Crippen LogP contribution in [0.4, 0.5) is 11.6 Å². The standard InChI is InChI=1S/C14H15N5O3/c1-18(2)8-7-16-14-12(9-15)17-13(22-14)10-3-5-11(6-4-10)19(20)21/h3-6,16H,7-8H2,1-2H3/p+1. The second-order valence-electron chi connectivity index (χ2n) is 5.00. The number of hydrogen-bond acceptors (Lipinski definition) is 6. The molecule has 0 unspecified atom stereocenters. The van der Waals surface area contributed by atoms with Crippen LogP contribution in [0.2, 0.25) is 0 Å². The predicted octanol–water partition coefficient (Wildman–Crippen LogP) is 0.678. The summed E-state index contributed by atoms with van der Waals surface area (Å²) in [4.78, 5) is 15.5. The highest BCUT2D eigenvalue weighted by Gasteiger charge is 2.15. The monoisotopic (exact) mass is 302 g/mol. The van der Waals surface area contributed by atoms with Crippen LogP contribution in [0.1, 0.15) is 5.69 Å². The normalized spacial score (nSPS) is 10.5. The van der Waals surface area contributed by atoms with E-state index < -0.39 is 4.92 Å². The van der Waals surface area contributed by atoms with E-state index in [2.05, 4.69) is 10.3 Å². The lowest BCUT2D eigenvalue weighted by Crippen LogP contribution is -3.06. The number of quaternary nitrogens is 1. The zero-order chi connectivity index (χ0) is 16.1. The number of nitrogens with zero attached hydrogens (tertiary/aromatic N) is 3. The number of non-ortho nitro benzene ring substituents is 1. The molecule has 8 heteroatoms. The van der Waals surface area contributed by atoms with E-state index in [4.69, 9.17) is 9.68 Å². The Hall–Kier alpha value is -2.92. The lowest BCUT2D eigenvalue weighted by atomic mass is 10.2. The molecule has 0 atom stereocenters. The Labute approximate surface area is 127 Å². The Bertz CT molecular complexity index is 700. The molecule has 2 rings (SSSR count). The van der Waals surface area contributed by atoms with Gasteiger partial charge in [0.1, 0.15) is 6.07 Å². The van der Waals surface area contributed by atoms with Crippen LogP contribution in [-0.4, -0.2) is 37.1 Å². The van der Waals surface area contributed by atoms with Crippen molar-refractivity contribution in [3.63, 3.8) is 0 Å². The molecular weight excluding hydrogens is 286 g/mol. The van der Waals surface area contributed by atoms with Crippen LogP contribution in [0.5, 0.6) is 0 Å². The number of aromatic nitrogens is 1. The highest BCUT2D eigenvalue weighted by molar-refractivity contribution is 5.60. The molecule has 1 aromatic carbocycles. The molecule has 0 aliphatic heterocycles. The van der Waals surface area contributed by atoms with Crippen molar-refractivity contribution in [2.24, 2.45) is 0 Å². The molecule has 22 heavy (non-hydrogen) atoms. The Balaban J connectivity index is 2.20. The molecule has 0 spiro atoms. The minimum absolute atomic E-state index is 0.0110. The van der Waals surface area contributed by atoms with Crippen LogP contribution in [0.3, 0.4) is 0 Å². The first-order valence-electron chi connectivity index (χ1n) is 6.70. The molecule has 0 fully saturated rings. The van der Waals surface area contributed by atoms with Crippen molar-refractivity contribution in [2.75, 3.05) is 32.5 Å². The molecule has 0 bridgehead atoms. The van der Waals surface area contributed by atoms with Gasteiger partial charge in [-0.15, -0.1) is 0 Å². The van der Waals surface area contributed by atoms with Crippen molar-refractivity contribution in [1.82, 2.24) is 4.98 Å². The van der Waals surface area contributed by atoms with E-state index in [0.29, 0.717) is 18.0 Å². The van der Waals surface area contributed by atoms with E-state index in [1.165, 1.54) is 17.0 Å². The molecule has 2 N–H and O–H groups in total. The van der Waals surface area contributed by atoms with E-state index in [1.807, 2.05) is 20.2 Å². The minimum Gasteiger partial charge on any atom is -0.419 e. The van der Waals surface area contributed by atoms with Crippen LogP contribution in [0.15, 0.2) is 28.7 Å². The summed E-state index contributed by atoms with van der Waals surface area (Å²) < 4.78 is 5.55. The van der Waals surface area contributed by atoms with Gasteiger partial charge in [-0.25, -0.2) is 0 Å². The highest BCUT2D eigenvalue weighted by Crippen LogP contribution is 2.26. The molecule has 0 aliphatic carbocycles. The van der Waals surface area contributed by atoms with Crippen molar-refractivity contribution in [3.05, 3.63) is 40.1 Å². The van der Waals surface area contributed by atoms with Gasteiger partial charge in [0.2, 0.25) is 17.5 Å². The van der Waals surface area contributed by atoms with Crippen molar-refractivity contribution in [3.8, 4) is 17.5 Å². The number of nitro groups is 1. The molecule has 0 amide bonds. The zero-order valence-electron chi connectivity index (χ0n) is 12.3. The van der Waals surface area contributed by atoms with Crippen LogP contribution >= 0.6 is 0 Å². The zero-order valence-corrected chi connectivity index (χ0v) is 12.3. The number of benzene rings is 1. The minimum atomic E-state index is -0.476. The number of rotatable bonds is 6. The Morgan fingerprint density at radius 3 is 2.64 bits per heavy atom. The van der Waals surface area contributed by atoms with E-state index in [0.717, 1.165) is 6.54 Å². The maximum atomic E-state index is 10.6. The van der Waals surface area contributed by atoms with Crippen LogP contribution in [0, 0.1) is 21.4 Å². The molecule has 2 aromatic rings. The summed E-state index contributed by atoms with van der Waals surface area (Å²) in [6.07, 6.45) is 0. The van der Waals surface area contributed by atoms with Gasteiger partial charge < -0.3 is 14.6 Å². The number of nitriles is 1. The van der Waals surface area contributed by atoms with E-state index in [-0.39, 0.29) is 17.3 Å². The number of anilines is 1. The lowest BCUT2D eigenvalue weighted by molar-refractivity contribution is -0.856. The third-order valence-corrected chi connectivity index (χ3v) is 2.97. The first-order chi connectivity index (χ1) is 10.5. The summed E-state index contributed by atoms with van der Waals surface area (Å²) in [7, 11) is 4.05. The maximum absolute atomic E-state index is 10.6. The van der Waals surface area contributed by atoms with E-state index >= 15 is 0 Å². The Morgan fingerprint density at radius 2 is 2.09 bits per heavy atom. The average molecular weight is 302 g/mol. The molecule has 1 aromatic heterocycles. The van der Waals surface area contributed by atoms with Gasteiger partial charge in [0.05, 0.1) is 32.1 Å². The third-order valence-electron chi connectivity index (χ3n) is 2.97. The first kappa shape index (κ1) is 15.5. The summed E-state index contributed by atoms with van der Waals surface area (Å²) in [5, 5.41) is 22.8. The Kier molecular flexibility index (Phi) is 4.70. The molecular formula is C14H16N5O3+. The quantitative estimate of drug-likeness (QED) is 0.600. The van der Waals surface area contributed by atoms with Crippen molar-refractivity contribution in [1.29, 1.82) is 5.26 Å². The number of oxazole rings is 1. The van der Waals surface area contributed by atoms with Crippen LogP contribution in [-0.2, 0) is 0 Å². The summed E-state index contributed by atoms with van der Waals surface area (Å²) in [6.45, 7) is 1.50. The lowest BCUT2D eigenvalue weighted by Gasteiger charge is -2.07. The molecule has 1 heterocycles. The van der Waals surface area contributed by atoms with Gasteiger partial charge in [0.15, 0.2) is 0 Å². The topological polar surface area (TPSA) is 109 Å². The Morgan fingerprint density at radius 1 is 1.41 bits per heavy atom. The first-order valence-corrected chi connectivity index (χ1v) is 6.70. The molecule has 114 valence electrons. The van der Waals surface area contributed by atoms with Gasteiger partial charge in [-0.05, 0) is 12.1 Å². The number of nitro benzene ring substituents is 1. The van der Waals surface area contributed by atoms with E-state index in [1.54, 1.807) is 12.1 Å². The largest absolute Gasteiger partial charge is 0.419 e. The second-order valence-corrected chi connectivity index (χ2v) is 5.00. The molecule has 8 nitrogen and oxygen atoms in total. The van der Waals surface area contributed by atoms with E-state index in [9.17, 15) is 10.1 Å². The number of hydrogen-bond donors (Lipinski definition) is 2. The molecule has 0 saturated heterocycles. The van der Waals surface area contributed by atoms with Gasteiger partial charge in [0.25, 0.3) is 5.69 Å². The SMILES string of the molecule is C[NH+](C)CCNc1oc(-c2ccc([N+](=O)[O-])cc2)nc1C#N. The van der Waals surface area contributed by atoms with Gasteiger partial charge in [-0.3, -0.25) is 10.1 Å². The summed E-state index contributed by atoms with van der Waals surface area (Å²) in [5.41, 5.74) is 0.735. The average Bonchev–Trinajstić information content (AvgIpc) is 2.90. The smallest absolute Gasteiger partial charge is 0.269 e. The fourth-order valence-electron chi connectivity index (χ4n) is 1.79. The fraction of sp³-hybridized carbons (Fsp3) is 0.286. The van der Waals surface area contributed by atoms with Crippen molar-refractivity contribution >= 4 is 11.6 Å². The fourth-order valence-corrected chi connectivity index (χ4v) is 1.79. The third kappa shape index (κ3) is 3.59.